The molecule has 0 saturated carbocycles. The number of carbonyl (C=O) groups excluding carboxylic acids is 1. The first-order valence-corrected chi connectivity index (χ1v) is 9.34. The van der Waals surface area contributed by atoms with E-state index in [1.54, 1.807) is 11.3 Å². The van der Waals surface area contributed by atoms with Gasteiger partial charge in [-0.15, -0.1) is 11.3 Å². The summed E-state index contributed by atoms with van der Waals surface area (Å²) in [5, 5.41) is 9.26. The lowest BCUT2D eigenvalue weighted by molar-refractivity contribution is -0.122. The van der Waals surface area contributed by atoms with E-state index in [1.807, 2.05) is 59.2 Å². The number of aromatic nitrogens is 3. The summed E-state index contributed by atoms with van der Waals surface area (Å²) in [6.45, 7) is 2.33. The summed E-state index contributed by atoms with van der Waals surface area (Å²) in [6.07, 6.45) is 0.669. The Morgan fingerprint density at radius 2 is 2.00 bits per heavy atom. The molecule has 0 bridgehead atoms. The Hall–Kier alpha value is -2.93. The molecule has 1 amide bonds. The molecule has 4 aromatic rings. The summed E-state index contributed by atoms with van der Waals surface area (Å²) in [5.41, 5.74) is 2.32. The number of hydrogen-bond acceptors (Lipinski definition) is 4. The summed E-state index contributed by atoms with van der Waals surface area (Å²) in [4.78, 5) is 25.1. The van der Waals surface area contributed by atoms with Gasteiger partial charge in [-0.2, -0.15) is 5.10 Å². The number of aryl methyl sites for hydroxylation is 1. The zero-order chi connectivity index (χ0) is 18.1. The van der Waals surface area contributed by atoms with Gasteiger partial charge >= 0.3 is 0 Å². The third-order valence-electron chi connectivity index (χ3n) is 4.31. The number of benzene rings is 1. The quantitative estimate of drug-likeness (QED) is 0.590. The van der Waals surface area contributed by atoms with Crippen LogP contribution in [-0.4, -0.2) is 20.1 Å². The van der Waals surface area contributed by atoms with Crippen LogP contribution in [0.2, 0.25) is 0 Å². The van der Waals surface area contributed by atoms with Crippen LogP contribution in [-0.2, 0) is 24.3 Å². The summed E-state index contributed by atoms with van der Waals surface area (Å²) in [6, 6.07) is 13.5. The van der Waals surface area contributed by atoms with Crippen LogP contribution in [0.3, 0.4) is 0 Å². The largest absolute Gasteiger partial charge is 0.350 e. The van der Waals surface area contributed by atoms with Crippen molar-refractivity contribution in [2.45, 2.75) is 26.4 Å². The Morgan fingerprint density at radius 1 is 1.19 bits per heavy atom. The number of amides is 1. The lowest BCUT2D eigenvalue weighted by Gasteiger charge is -2.10. The first-order chi connectivity index (χ1) is 12.7. The van der Waals surface area contributed by atoms with Gasteiger partial charge in [0.15, 0.2) is 0 Å². The average Bonchev–Trinajstić information content (AvgIpc) is 3.25. The van der Waals surface area contributed by atoms with Gasteiger partial charge in [0.25, 0.3) is 5.56 Å². The van der Waals surface area contributed by atoms with Gasteiger partial charge in [0.2, 0.25) is 5.91 Å². The summed E-state index contributed by atoms with van der Waals surface area (Å²) < 4.78 is 4.20. The molecule has 3 heterocycles. The fourth-order valence-corrected chi connectivity index (χ4v) is 3.85. The normalized spacial score (nSPS) is 11.3. The molecular formula is C19H18N4O2S. The highest BCUT2D eigenvalue weighted by atomic mass is 32.1. The van der Waals surface area contributed by atoms with E-state index >= 15 is 0 Å². The lowest BCUT2D eigenvalue weighted by atomic mass is 10.2. The van der Waals surface area contributed by atoms with E-state index in [0.717, 1.165) is 21.6 Å². The van der Waals surface area contributed by atoms with Gasteiger partial charge in [0.05, 0.1) is 10.2 Å². The average molecular weight is 366 g/mol. The number of nitrogens with one attached hydrogen (secondary N) is 1. The van der Waals surface area contributed by atoms with E-state index in [1.165, 1.54) is 4.68 Å². The number of hydrogen-bond donors (Lipinski definition) is 1. The monoisotopic (exact) mass is 366 g/mol. The number of nitrogens with zero attached hydrogens (tertiary/aromatic N) is 3. The fourth-order valence-electron chi connectivity index (χ4n) is 3.05. The van der Waals surface area contributed by atoms with Crippen LogP contribution in [0.1, 0.15) is 18.3 Å². The molecule has 26 heavy (non-hydrogen) atoms. The molecule has 0 saturated heterocycles. The molecule has 0 aliphatic heterocycles. The molecule has 0 radical (unpaired) electrons. The van der Waals surface area contributed by atoms with E-state index in [0.29, 0.717) is 18.5 Å². The van der Waals surface area contributed by atoms with Crippen LogP contribution in [0, 0.1) is 0 Å². The minimum absolute atomic E-state index is 0.0893. The van der Waals surface area contributed by atoms with Crippen LogP contribution in [0.15, 0.2) is 52.6 Å². The van der Waals surface area contributed by atoms with Crippen molar-refractivity contribution in [2.75, 3.05) is 0 Å². The molecule has 1 N–H and O–H groups in total. The van der Waals surface area contributed by atoms with Gasteiger partial charge in [0, 0.05) is 13.0 Å². The Balaban J connectivity index is 1.63. The van der Waals surface area contributed by atoms with Crippen molar-refractivity contribution in [1.29, 1.82) is 0 Å². The second kappa shape index (κ2) is 6.76. The molecule has 6 nitrogen and oxygen atoms in total. The smallest absolute Gasteiger partial charge is 0.291 e. The zero-order valence-corrected chi connectivity index (χ0v) is 15.1. The van der Waals surface area contributed by atoms with Crippen molar-refractivity contribution >= 4 is 33.0 Å². The molecule has 7 heteroatoms. The fraction of sp³-hybridized carbons (Fsp3) is 0.211. The maximum absolute atomic E-state index is 12.8. The maximum atomic E-state index is 12.8. The number of carbonyl (C=O) groups is 1. The topological polar surface area (TPSA) is 68.4 Å². The third-order valence-corrected chi connectivity index (χ3v) is 5.17. The molecule has 1 aromatic carbocycles. The Kier molecular flexibility index (Phi) is 4.30. The number of fused-ring (bicyclic) bond motifs is 3. The standard InChI is InChI=1S/C19H18N4O2S/c1-2-17-21-22(12-18(24)20-11-13-6-4-3-5-7-13)19(25)15-10-16-14(23(15)17)8-9-26-16/h3-10H,2,11-12H2,1H3,(H,20,24). The highest BCUT2D eigenvalue weighted by Crippen LogP contribution is 2.24. The molecule has 4 rings (SSSR count). The van der Waals surface area contributed by atoms with E-state index in [9.17, 15) is 9.59 Å². The lowest BCUT2D eigenvalue weighted by Crippen LogP contribution is -2.35. The van der Waals surface area contributed by atoms with E-state index < -0.39 is 0 Å². The SMILES string of the molecule is CCc1nn(CC(=O)NCc2ccccc2)c(=O)c2cc3sccc3n12. The highest BCUT2D eigenvalue weighted by Gasteiger charge is 2.15. The van der Waals surface area contributed by atoms with Gasteiger partial charge in [-0.25, -0.2) is 4.68 Å². The van der Waals surface area contributed by atoms with Crippen LogP contribution < -0.4 is 10.9 Å². The molecule has 0 atom stereocenters. The Morgan fingerprint density at radius 3 is 2.77 bits per heavy atom. The van der Waals surface area contributed by atoms with Crippen LogP contribution in [0.4, 0.5) is 0 Å². The van der Waals surface area contributed by atoms with Crippen molar-refractivity contribution in [1.82, 2.24) is 19.5 Å². The molecule has 0 fully saturated rings. The van der Waals surface area contributed by atoms with Crippen molar-refractivity contribution in [3.8, 4) is 0 Å². The van der Waals surface area contributed by atoms with Gasteiger partial charge in [0.1, 0.15) is 17.9 Å². The molecule has 0 spiro atoms. The first kappa shape index (κ1) is 16.5. The van der Waals surface area contributed by atoms with E-state index in [-0.39, 0.29) is 18.0 Å². The predicted molar refractivity (Wildman–Crippen MR) is 103 cm³/mol. The summed E-state index contributed by atoms with van der Waals surface area (Å²) >= 11 is 1.59. The van der Waals surface area contributed by atoms with Crippen molar-refractivity contribution in [3.63, 3.8) is 0 Å². The van der Waals surface area contributed by atoms with E-state index in [2.05, 4.69) is 10.4 Å². The van der Waals surface area contributed by atoms with Crippen molar-refractivity contribution in [3.05, 3.63) is 69.6 Å². The molecule has 0 aliphatic rings. The van der Waals surface area contributed by atoms with Crippen LogP contribution in [0.25, 0.3) is 15.7 Å². The van der Waals surface area contributed by atoms with Crippen LogP contribution in [0.5, 0.6) is 0 Å². The van der Waals surface area contributed by atoms with Crippen LogP contribution >= 0.6 is 11.3 Å². The second-order valence-corrected chi connectivity index (χ2v) is 6.98. The van der Waals surface area contributed by atoms with Crippen molar-refractivity contribution < 1.29 is 4.79 Å². The maximum Gasteiger partial charge on any atom is 0.291 e. The third kappa shape index (κ3) is 2.90. The highest BCUT2D eigenvalue weighted by molar-refractivity contribution is 7.17. The van der Waals surface area contributed by atoms with Gasteiger partial charge in [-0.1, -0.05) is 37.3 Å². The minimum Gasteiger partial charge on any atom is -0.350 e. The summed E-state index contributed by atoms with van der Waals surface area (Å²) in [7, 11) is 0. The minimum atomic E-state index is -0.250. The summed E-state index contributed by atoms with van der Waals surface area (Å²) in [5.74, 6) is 0.534. The van der Waals surface area contributed by atoms with E-state index in [4.69, 9.17) is 0 Å². The molecule has 132 valence electrons. The zero-order valence-electron chi connectivity index (χ0n) is 14.3. The van der Waals surface area contributed by atoms with Gasteiger partial charge in [-0.3, -0.25) is 14.0 Å². The predicted octanol–water partition coefficient (Wildman–Crippen LogP) is 2.59. The molecule has 0 aliphatic carbocycles. The Labute approximate surface area is 153 Å². The molecular weight excluding hydrogens is 348 g/mol. The van der Waals surface area contributed by atoms with Gasteiger partial charge < -0.3 is 5.32 Å². The molecule has 0 unspecified atom stereocenters. The Bertz CT molecular complexity index is 1140. The second-order valence-electron chi connectivity index (χ2n) is 6.03. The first-order valence-electron chi connectivity index (χ1n) is 8.46. The number of rotatable bonds is 5. The van der Waals surface area contributed by atoms with Gasteiger partial charge in [-0.05, 0) is 23.1 Å². The molecule has 3 aromatic heterocycles. The number of thiophene rings is 1. The van der Waals surface area contributed by atoms with Crippen molar-refractivity contribution in [2.24, 2.45) is 0 Å².